The molecule has 1 aromatic rings. The van der Waals surface area contributed by atoms with E-state index >= 15 is 0 Å². The highest BCUT2D eigenvalue weighted by molar-refractivity contribution is 5.97. The molecule has 1 fully saturated rings. The van der Waals surface area contributed by atoms with E-state index in [1.165, 1.54) is 25.8 Å². The molecule has 5 nitrogen and oxygen atoms in total. The third kappa shape index (κ3) is 4.13. The van der Waals surface area contributed by atoms with Crippen molar-refractivity contribution in [1.82, 2.24) is 4.90 Å². The van der Waals surface area contributed by atoms with E-state index in [1.54, 1.807) is 12.1 Å². The second-order valence-electron chi connectivity index (χ2n) is 5.42. The van der Waals surface area contributed by atoms with Crippen LogP contribution < -0.4 is 10.5 Å². The summed E-state index contributed by atoms with van der Waals surface area (Å²) < 4.78 is 5.69. The van der Waals surface area contributed by atoms with Crippen LogP contribution >= 0.6 is 0 Å². The van der Waals surface area contributed by atoms with Crippen LogP contribution in [0.3, 0.4) is 0 Å². The third-order valence-corrected chi connectivity index (χ3v) is 3.79. The molecule has 0 heterocycles. The molecule has 0 radical (unpaired) electrons. The molecule has 5 heteroatoms. The molecule has 110 valence electrons. The maximum Gasteiger partial charge on any atom is 0.170 e. The van der Waals surface area contributed by atoms with Crippen molar-refractivity contribution in [3.8, 4) is 5.75 Å². The summed E-state index contributed by atoms with van der Waals surface area (Å²) in [5.74, 6) is 1.80. The molecule has 3 N–H and O–H groups in total. The predicted molar refractivity (Wildman–Crippen MR) is 79.3 cm³/mol. The van der Waals surface area contributed by atoms with Crippen molar-refractivity contribution in [3.63, 3.8) is 0 Å². The van der Waals surface area contributed by atoms with Gasteiger partial charge < -0.3 is 20.6 Å². The number of rotatable bonds is 7. The van der Waals surface area contributed by atoms with E-state index in [4.69, 9.17) is 15.7 Å². The smallest absolute Gasteiger partial charge is 0.170 e. The Morgan fingerprint density at radius 3 is 2.65 bits per heavy atom. The summed E-state index contributed by atoms with van der Waals surface area (Å²) >= 11 is 0. The standard InChI is InChI=1S/C15H23N3O2/c1-18(11-12-3-2-4-12)9-10-20-14-7-5-13(6-8-14)15(16)17-19/h5-8,12,19H,2-4,9-11H2,1H3,(H2,16,17). The number of nitrogens with zero attached hydrogens (tertiary/aromatic N) is 2. The molecule has 0 aliphatic heterocycles. The molecule has 0 bridgehead atoms. The van der Waals surface area contributed by atoms with Gasteiger partial charge in [-0.25, -0.2) is 0 Å². The van der Waals surface area contributed by atoms with Gasteiger partial charge in [0, 0.05) is 18.7 Å². The second-order valence-corrected chi connectivity index (χ2v) is 5.42. The zero-order valence-corrected chi connectivity index (χ0v) is 12.0. The van der Waals surface area contributed by atoms with Crippen LogP contribution in [-0.2, 0) is 0 Å². The second kappa shape index (κ2) is 7.14. The fraction of sp³-hybridized carbons (Fsp3) is 0.533. The average Bonchev–Trinajstić information content (AvgIpc) is 2.43. The number of amidine groups is 1. The van der Waals surface area contributed by atoms with Gasteiger partial charge in [-0.3, -0.25) is 0 Å². The molecular formula is C15H23N3O2. The van der Waals surface area contributed by atoms with Crippen molar-refractivity contribution in [2.75, 3.05) is 26.7 Å². The Morgan fingerprint density at radius 1 is 1.40 bits per heavy atom. The third-order valence-electron chi connectivity index (χ3n) is 3.79. The molecule has 0 amide bonds. The molecule has 0 saturated heterocycles. The van der Waals surface area contributed by atoms with E-state index < -0.39 is 0 Å². The topological polar surface area (TPSA) is 71.1 Å². The average molecular weight is 277 g/mol. The number of likely N-dealkylation sites (N-methyl/N-ethyl adjacent to an activating group) is 1. The van der Waals surface area contributed by atoms with Crippen molar-refractivity contribution >= 4 is 5.84 Å². The zero-order valence-electron chi connectivity index (χ0n) is 12.0. The van der Waals surface area contributed by atoms with Crippen LogP contribution in [0.4, 0.5) is 0 Å². The molecule has 1 aliphatic rings. The van der Waals surface area contributed by atoms with Crippen LogP contribution in [0, 0.1) is 5.92 Å². The summed E-state index contributed by atoms with van der Waals surface area (Å²) in [6.07, 6.45) is 4.14. The summed E-state index contributed by atoms with van der Waals surface area (Å²) in [4.78, 5) is 2.33. The molecular weight excluding hydrogens is 254 g/mol. The van der Waals surface area contributed by atoms with Gasteiger partial charge in [-0.05, 0) is 50.1 Å². The number of nitrogens with two attached hydrogens (primary N) is 1. The predicted octanol–water partition coefficient (Wildman–Crippen LogP) is 1.89. The van der Waals surface area contributed by atoms with Crippen molar-refractivity contribution in [3.05, 3.63) is 29.8 Å². The van der Waals surface area contributed by atoms with Crippen LogP contribution in [0.5, 0.6) is 5.75 Å². The minimum absolute atomic E-state index is 0.108. The van der Waals surface area contributed by atoms with E-state index in [-0.39, 0.29) is 5.84 Å². The molecule has 0 spiro atoms. The molecule has 1 aliphatic carbocycles. The number of ether oxygens (including phenoxy) is 1. The van der Waals surface area contributed by atoms with E-state index in [1.807, 2.05) is 12.1 Å². The summed E-state index contributed by atoms with van der Waals surface area (Å²) in [7, 11) is 2.14. The summed E-state index contributed by atoms with van der Waals surface area (Å²) in [6, 6.07) is 7.23. The van der Waals surface area contributed by atoms with Gasteiger partial charge >= 0.3 is 0 Å². The van der Waals surface area contributed by atoms with Gasteiger partial charge in [-0.15, -0.1) is 0 Å². The van der Waals surface area contributed by atoms with Crippen LogP contribution in [0.25, 0.3) is 0 Å². The van der Waals surface area contributed by atoms with E-state index in [9.17, 15) is 0 Å². The zero-order chi connectivity index (χ0) is 14.4. The van der Waals surface area contributed by atoms with Crippen molar-refractivity contribution < 1.29 is 9.94 Å². The Balaban J connectivity index is 1.70. The van der Waals surface area contributed by atoms with E-state index in [0.29, 0.717) is 12.2 Å². The van der Waals surface area contributed by atoms with Crippen molar-refractivity contribution in [1.29, 1.82) is 0 Å². The van der Waals surface area contributed by atoms with Gasteiger partial charge in [0.1, 0.15) is 12.4 Å². The molecule has 0 aromatic heterocycles. The van der Waals surface area contributed by atoms with Gasteiger partial charge in [0.25, 0.3) is 0 Å². The molecule has 0 atom stereocenters. The highest BCUT2D eigenvalue weighted by atomic mass is 16.5. The first-order chi connectivity index (χ1) is 9.69. The largest absolute Gasteiger partial charge is 0.492 e. The number of oxime groups is 1. The van der Waals surface area contributed by atoms with Gasteiger partial charge in [0.2, 0.25) is 0 Å². The molecule has 0 unspecified atom stereocenters. The Morgan fingerprint density at radius 2 is 2.10 bits per heavy atom. The first-order valence-corrected chi connectivity index (χ1v) is 7.08. The Labute approximate surface area is 120 Å². The Bertz CT molecular complexity index is 441. The first kappa shape index (κ1) is 14.7. The summed E-state index contributed by atoms with van der Waals surface area (Å²) in [5, 5.41) is 11.5. The number of benzene rings is 1. The van der Waals surface area contributed by atoms with Crippen LogP contribution in [0.15, 0.2) is 29.4 Å². The molecule has 1 saturated carbocycles. The van der Waals surface area contributed by atoms with Gasteiger partial charge in [-0.1, -0.05) is 11.6 Å². The van der Waals surface area contributed by atoms with E-state index in [2.05, 4.69) is 17.1 Å². The summed E-state index contributed by atoms with van der Waals surface area (Å²) in [6.45, 7) is 2.77. The fourth-order valence-corrected chi connectivity index (χ4v) is 2.31. The van der Waals surface area contributed by atoms with Crippen LogP contribution in [0.1, 0.15) is 24.8 Å². The minimum atomic E-state index is 0.108. The molecule has 1 aromatic carbocycles. The highest BCUT2D eigenvalue weighted by Crippen LogP contribution is 2.26. The fourth-order valence-electron chi connectivity index (χ4n) is 2.31. The normalized spacial score (nSPS) is 16.2. The monoisotopic (exact) mass is 277 g/mol. The quantitative estimate of drug-likeness (QED) is 0.345. The highest BCUT2D eigenvalue weighted by Gasteiger charge is 2.18. The number of hydrogen-bond acceptors (Lipinski definition) is 4. The maximum absolute atomic E-state index is 8.58. The van der Waals surface area contributed by atoms with Crippen LogP contribution in [-0.4, -0.2) is 42.7 Å². The Kier molecular flexibility index (Phi) is 5.24. The van der Waals surface area contributed by atoms with Gasteiger partial charge in [-0.2, -0.15) is 0 Å². The lowest BCUT2D eigenvalue weighted by molar-refractivity contribution is 0.177. The van der Waals surface area contributed by atoms with Crippen molar-refractivity contribution in [2.24, 2.45) is 16.8 Å². The lowest BCUT2D eigenvalue weighted by Gasteiger charge is -2.30. The summed E-state index contributed by atoms with van der Waals surface area (Å²) in [5.41, 5.74) is 6.18. The number of hydrogen-bond donors (Lipinski definition) is 2. The van der Waals surface area contributed by atoms with Gasteiger partial charge in [0.05, 0.1) is 0 Å². The van der Waals surface area contributed by atoms with Gasteiger partial charge in [0.15, 0.2) is 5.84 Å². The minimum Gasteiger partial charge on any atom is -0.492 e. The molecule has 20 heavy (non-hydrogen) atoms. The Hall–Kier alpha value is -1.75. The maximum atomic E-state index is 8.58. The lowest BCUT2D eigenvalue weighted by atomic mass is 9.85. The van der Waals surface area contributed by atoms with E-state index in [0.717, 1.165) is 18.2 Å². The first-order valence-electron chi connectivity index (χ1n) is 7.08. The lowest BCUT2D eigenvalue weighted by Crippen LogP contribution is -2.32. The SMILES string of the molecule is CN(CCOc1ccc(C(N)=NO)cc1)CC1CCC1. The van der Waals surface area contributed by atoms with Crippen molar-refractivity contribution in [2.45, 2.75) is 19.3 Å². The molecule has 2 rings (SSSR count). The van der Waals surface area contributed by atoms with Crippen LogP contribution in [0.2, 0.25) is 0 Å².